The maximum Gasteiger partial charge on any atom is 0.419 e. The fourth-order valence-electron chi connectivity index (χ4n) is 5.83. The second kappa shape index (κ2) is 12.8. The van der Waals surface area contributed by atoms with Crippen LogP contribution in [0.25, 0.3) is 22.2 Å². The molecule has 2 aromatic heterocycles. The van der Waals surface area contributed by atoms with Gasteiger partial charge in [0.25, 0.3) is 5.91 Å². The van der Waals surface area contributed by atoms with Crippen LogP contribution in [0.4, 0.5) is 35.1 Å². The largest absolute Gasteiger partial charge is 0.494 e. The van der Waals surface area contributed by atoms with Crippen LogP contribution in [0.15, 0.2) is 60.8 Å². The monoisotopic (exact) mass is 735 g/mol. The van der Waals surface area contributed by atoms with Crippen LogP contribution < -0.4 is 20.5 Å². The Kier molecular flexibility index (Phi) is 8.85. The van der Waals surface area contributed by atoms with E-state index in [1.165, 1.54) is 38.3 Å². The van der Waals surface area contributed by atoms with Crippen molar-refractivity contribution in [2.75, 3.05) is 20.3 Å². The number of rotatable bonds is 9. The second-order valence-electron chi connectivity index (χ2n) is 12.1. The number of methoxy groups -OCH3 is 1. The van der Waals surface area contributed by atoms with E-state index in [9.17, 15) is 45.4 Å². The zero-order valence-corrected chi connectivity index (χ0v) is 26.8. The van der Waals surface area contributed by atoms with Gasteiger partial charge in [-0.2, -0.15) is 27.1 Å². The van der Waals surface area contributed by atoms with Crippen molar-refractivity contribution in [3.63, 3.8) is 0 Å². The highest BCUT2D eigenvalue weighted by molar-refractivity contribution is 6.00. The number of hydrogen-bond donors (Lipinski definition) is 3. The van der Waals surface area contributed by atoms with E-state index < -0.39 is 94.4 Å². The summed E-state index contributed by atoms with van der Waals surface area (Å²) >= 11 is 0. The summed E-state index contributed by atoms with van der Waals surface area (Å²) in [5, 5.41) is 18.6. The number of amides is 2. The quantitative estimate of drug-likeness (QED) is 0.164. The summed E-state index contributed by atoms with van der Waals surface area (Å²) < 4.78 is 123. The number of aromatic nitrogens is 3. The topological polar surface area (TPSA) is 142 Å². The summed E-state index contributed by atoms with van der Waals surface area (Å²) in [7, 11) is 1.21. The summed E-state index contributed by atoms with van der Waals surface area (Å²) in [5.74, 6) is -6.70. The Morgan fingerprint density at radius 1 is 1.10 bits per heavy atom. The molecule has 0 radical (unpaired) electrons. The van der Waals surface area contributed by atoms with Crippen LogP contribution in [-0.2, 0) is 22.0 Å². The molecule has 0 bridgehead atoms. The minimum Gasteiger partial charge on any atom is -0.494 e. The van der Waals surface area contributed by atoms with Gasteiger partial charge in [0.05, 0.1) is 24.9 Å². The number of pyridine rings is 1. The summed E-state index contributed by atoms with van der Waals surface area (Å²) in [5.41, 5.74) is -3.30. The number of primary amides is 1. The highest BCUT2D eigenvalue weighted by atomic mass is 19.4. The number of ether oxygens (including phenoxy) is 2. The molecule has 0 aliphatic carbocycles. The predicted octanol–water partition coefficient (Wildman–Crippen LogP) is 5.74. The third-order valence-corrected chi connectivity index (χ3v) is 8.74. The number of alkyl halides is 5. The second-order valence-corrected chi connectivity index (χ2v) is 12.1. The standard InChI is InChI=1S/C34H25F8N5O5/c1-32(30(43)49)14-52-28-21(32)10-25(45-27(28)19-9-20(34(40,41)42)23(37)11-22(19)36)33(50,17-4-3-5-18(35)8-17)13-44-29(48)15-6-16-12-47(31(38)39)46-26(16)24(7-15)51-2/h3-12,31,50H,13-14H2,1-2H3,(H2,43,49)(H,44,48)/t32-,33+/m0/s1. The number of benzene rings is 3. The van der Waals surface area contributed by atoms with Crippen molar-refractivity contribution < 1.29 is 59.3 Å². The van der Waals surface area contributed by atoms with Crippen LogP contribution in [0, 0.1) is 17.5 Å². The van der Waals surface area contributed by atoms with Gasteiger partial charge in [0.2, 0.25) is 5.91 Å². The molecule has 2 atom stereocenters. The fraction of sp³-hybridized carbons (Fsp3) is 0.235. The lowest BCUT2D eigenvalue weighted by Crippen LogP contribution is -2.43. The molecule has 52 heavy (non-hydrogen) atoms. The zero-order chi connectivity index (χ0) is 37.9. The van der Waals surface area contributed by atoms with Crippen molar-refractivity contribution in [2.24, 2.45) is 5.73 Å². The fourth-order valence-corrected chi connectivity index (χ4v) is 5.83. The van der Waals surface area contributed by atoms with Gasteiger partial charge in [-0.3, -0.25) is 9.59 Å². The maximum absolute atomic E-state index is 15.4. The molecule has 272 valence electrons. The molecular formula is C34H25F8N5O5. The normalized spacial score (nSPS) is 16.8. The number of nitrogens with two attached hydrogens (primary N) is 1. The van der Waals surface area contributed by atoms with Crippen LogP contribution >= 0.6 is 0 Å². The van der Waals surface area contributed by atoms with Crippen molar-refractivity contribution in [1.29, 1.82) is 0 Å². The van der Waals surface area contributed by atoms with E-state index in [0.29, 0.717) is 4.68 Å². The average Bonchev–Trinajstić information content (AvgIpc) is 3.68. The lowest BCUT2D eigenvalue weighted by Gasteiger charge is -2.30. The van der Waals surface area contributed by atoms with Gasteiger partial charge in [0.15, 0.2) is 0 Å². The minimum absolute atomic E-state index is 0.00640. The molecule has 5 aromatic rings. The number of carbonyl (C=O) groups is 2. The first kappa shape index (κ1) is 36.0. The predicted molar refractivity (Wildman–Crippen MR) is 166 cm³/mol. The Morgan fingerprint density at radius 3 is 2.46 bits per heavy atom. The summed E-state index contributed by atoms with van der Waals surface area (Å²) in [6, 6.07) is 7.90. The van der Waals surface area contributed by atoms with Crippen LogP contribution in [0.1, 0.15) is 46.2 Å². The molecule has 1 aliphatic heterocycles. The van der Waals surface area contributed by atoms with E-state index in [-0.39, 0.29) is 45.5 Å². The van der Waals surface area contributed by atoms with Crippen molar-refractivity contribution >= 4 is 22.7 Å². The third-order valence-electron chi connectivity index (χ3n) is 8.74. The summed E-state index contributed by atoms with van der Waals surface area (Å²) in [6.45, 7) is -3.05. The number of halogens is 8. The molecule has 2 amide bonds. The molecule has 0 spiro atoms. The first-order valence-corrected chi connectivity index (χ1v) is 15.0. The first-order chi connectivity index (χ1) is 24.4. The highest BCUT2D eigenvalue weighted by Crippen LogP contribution is 2.48. The molecule has 1 aliphatic rings. The number of fused-ring (bicyclic) bond motifs is 2. The van der Waals surface area contributed by atoms with E-state index >= 15 is 4.39 Å². The van der Waals surface area contributed by atoms with Crippen molar-refractivity contribution in [1.82, 2.24) is 20.1 Å². The van der Waals surface area contributed by atoms with Gasteiger partial charge in [0.1, 0.15) is 57.8 Å². The van der Waals surface area contributed by atoms with Crippen molar-refractivity contribution in [2.45, 2.75) is 30.7 Å². The average molecular weight is 736 g/mol. The van der Waals surface area contributed by atoms with Gasteiger partial charge in [-0.15, -0.1) is 0 Å². The van der Waals surface area contributed by atoms with Gasteiger partial charge in [0, 0.05) is 34.3 Å². The maximum atomic E-state index is 15.4. The Bertz CT molecular complexity index is 2260. The lowest BCUT2D eigenvalue weighted by atomic mass is 9.80. The van der Waals surface area contributed by atoms with Gasteiger partial charge < -0.3 is 25.6 Å². The number of nitrogens with zero attached hydrogens (tertiary/aromatic N) is 3. The number of hydrogen-bond acceptors (Lipinski definition) is 7. The van der Waals surface area contributed by atoms with Gasteiger partial charge in [-0.05, 0) is 48.9 Å². The Labute approximate surface area is 287 Å². The molecule has 10 nitrogen and oxygen atoms in total. The Morgan fingerprint density at radius 2 is 1.83 bits per heavy atom. The lowest BCUT2D eigenvalue weighted by molar-refractivity contribution is -0.140. The first-order valence-electron chi connectivity index (χ1n) is 15.0. The minimum atomic E-state index is -5.29. The van der Waals surface area contributed by atoms with E-state index in [0.717, 1.165) is 24.4 Å². The molecule has 0 fully saturated rings. The van der Waals surface area contributed by atoms with E-state index in [4.69, 9.17) is 15.2 Å². The summed E-state index contributed by atoms with van der Waals surface area (Å²) in [6.07, 6.45) is -4.32. The van der Waals surface area contributed by atoms with Crippen molar-refractivity contribution in [3.05, 3.63) is 106 Å². The van der Waals surface area contributed by atoms with Gasteiger partial charge >= 0.3 is 12.7 Å². The van der Waals surface area contributed by atoms with Gasteiger partial charge in [-0.25, -0.2) is 22.8 Å². The van der Waals surface area contributed by atoms with Crippen LogP contribution in [0.2, 0.25) is 0 Å². The van der Waals surface area contributed by atoms with E-state index in [2.05, 4.69) is 15.4 Å². The van der Waals surface area contributed by atoms with Crippen molar-refractivity contribution in [3.8, 4) is 22.8 Å². The molecule has 6 rings (SSSR count). The molecule has 3 aromatic carbocycles. The summed E-state index contributed by atoms with van der Waals surface area (Å²) in [4.78, 5) is 30.5. The van der Waals surface area contributed by atoms with Crippen LogP contribution in [0.3, 0.4) is 0 Å². The third kappa shape index (κ3) is 6.12. The number of aliphatic hydroxyl groups is 1. The van der Waals surface area contributed by atoms with Crippen LogP contribution in [-0.4, -0.2) is 51.9 Å². The van der Waals surface area contributed by atoms with Crippen LogP contribution in [0.5, 0.6) is 11.5 Å². The Balaban J connectivity index is 1.52. The van der Waals surface area contributed by atoms with E-state index in [1.807, 2.05) is 0 Å². The molecule has 18 heteroatoms. The molecule has 0 saturated heterocycles. The molecule has 4 N–H and O–H groups in total. The zero-order valence-electron chi connectivity index (χ0n) is 26.8. The molecular weight excluding hydrogens is 710 g/mol. The SMILES string of the molecule is COc1cc(C(=O)NC[C@@](O)(c2cccc(F)c2)c2cc3c(c(-c4cc(C(F)(F)F)c(F)cc4F)n2)OC[C@]3(C)C(N)=O)cc2cn(C(F)F)nc12. The number of carbonyl (C=O) groups excluding carboxylic acids is 2. The Hall–Kier alpha value is -5.78. The molecule has 0 saturated carbocycles. The smallest absolute Gasteiger partial charge is 0.419 e. The molecule has 0 unspecified atom stereocenters. The highest BCUT2D eigenvalue weighted by Gasteiger charge is 2.47. The molecule has 3 heterocycles. The van der Waals surface area contributed by atoms with Gasteiger partial charge in [-0.1, -0.05) is 12.1 Å². The van der Waals surface area contributed by atoms with E-state index in [1.54, 1.807) is 0 Å². The number of nitrogens with one attached hydrogen (secondary N) is 1.